The maximum absolute atomic E-state index is 13.9. The van der Waals surface area contributed by atoms with Gasteiger partial charge in [-0.3, -0.25) is 0 Å². The zero-order valence-corrected chi connectivity index (χ0v) is 14.9. The number of dihydropyridines is 1. The van der Waals surface area contributed by atoms with E-state index < -0.39 is 0 Å². The molecule has 0 atom stereocenters. The number of piperazine rings is 1. The van der Waals surface area contributed by atoms with Gasteiger partial charge in [-0.2, -0.15) is 0 Å². The highest BCUT2D eigenvalue weighted by Crippen LogP contribution is 2.25. The number of nitrogens with one attached hydrogen (secondary N) is 2. The van der Waals surface area contributed by atoms with Gasteiger partial charge in [0, 0.05) is 45.5 Å². The summed E-state index contributed by atoms with van der Waals surface area (Å²) >= 11 is 0. The standard InChI is InChI=1S/C20H25FN4O/c21-18-14-22-8-7-19(18)24-9-11-25(12-10-24)20(26)23-13-16-5-1-3-15-4-2-6-17(15)16/h1,3,5,7,14,22H,2,4,6,8-13H2,(H,23,26). The first-order valence-corrected chi connectivity index (χ1v) is 9.39. The van der Waals surface area contributed by atoms with Crippen LogP contribution in [0.3, 0.4) is 0 Å². The van der Waals surface area contributed by atoms with Crippen molar-refractivity contribution in [2.24, 2.45) is 0 Å². The van der Waals surface area contributed by atoms with Gasteiger partial charge >= 0.3 is 6.03 Å². The smallest absolute Gasteiger partial charge is 0.317 e. The second-order valence-corrected chi connectivity index (χ2v) is 7.03. The van der Waals surface area contributed by atoms with E-state index in [0.717, 1.165) is 12.8 Å². The third-order valence-corrected chi connectivity index (χ3v) is 5.47. The van der Waals surface area contributed by atoms with Crippen LogP contribution in [0.1, 0.15) is 23.1 Å². The van der Waals surface area contributed by atoms with E-state index in [9.17, 15) is 9.18 Å². The molecule has 2 amide bonds. The number of rotatable bonds is 3. The number of amides is 2. The number of nitrogens with zero attached hydrogens (tertiary/aromatic N) is 2. The minimum absolute atomic E-state index is 0.0319. The van der Waals surface area contributed by atoms with Crippen LogP contribution in [-0.2, 0) is 19.4 Å². The van der Waals surface area contributed by atoms with E-state index in [0.29, 0.717) is 45.0 Å². The molecule has 1 fully saturated rings. The summed E-state index contributed by atoms with van der Waals surface area (Å²) in [7, 11) is 0. The monoisotopic (exact) mass is 356 g/mol. The Bertz CT molecular complexity index is 750. The van der Waals surface area contributed by atoms with Gasteiger partial charge in [-0.05, 0) is 42.0 Å². The quantitative estimate of drug-likeness (QED) is 0.874. The van der Waals surface area contributed by atoms with E-state index in [2.05, 4.69) is 28.8 Å². The van der Waals surface area contributed by atoms with Crippen LogP contribution >= 0.6 is 0 Å². The number of fused-ring (bicyclic) bond motifs is 1. The molecule has 1 aromatic carbocycles. The van der Waals surface area contributed by atoms with Crippen LogP contribution in [0, 0.1) is 0 Å². The molecule has 2 N–H and O–H groups in total. The molecule has 1 aromatic rings. The molecule has 26 heavy (non-hydrogen) atoms. The normalized spacial score (nSPS) is 19.4. The van der Waals surface area contributed by atoms with Crippen molar-refractivity contribution in [3.05, 3.63) is 58.7 Å². The molecular formula is C20H25FN4O. The Hall–Kier alpha value is -2.50. The lowest BCUT2D eigenvalue weighted by molar-refractivity contribution is 0.156. The van der Waals surface area contributed by atoms with Crippen LogP contribution in [-0.4, -0.2) is 48.6 Å². The summed E-state index contributed by atoms with van der Waals surface area (Å²) in [5.74, 6) is -0.230. The molecule has 0 unspecified atom stereocenters. The highest BCUT2D eigenvalue weighted by Gasteiger charge is 2.25. The lowest BCUT2D eigenvalue weighted by atomic mass is 10.0. The molecule has 3 aliphatic rings. The Labute approximate surface area is 153 Å². The van der Waals surface area contributed by atoms with Crippen molar-refractivity contribution in [3.63, 3.8) is 0 Å². The molecule has 1 aliphatic carbocycles. The molecule has 138 valence electrons. The first-order valence-electron chi connectivity index (χ1n) is 9.39. The van der Waals surface area contributed by atoms with Gasteiger partial charge in [-0.1, -0.05) is 18.2 Å². The lowest BCUT2D eigenvalue weighted by Gasteiger charge is -2.37. The van der Waals surface area contributed by atoms with E-state index >= 15 is 0 Å². The Morgan fingerprint density at radius 1 is 1.19 bits per heavy atom. The van der Waals surface area contributed by atoms with E-state index in [4.69, 9.17) is 0 Å². The molecule has 2 aliphatic heterocycles. The van der Waals surface area contributed by atoms with Gasteiger partial charge in [0.15, 0.2) is 5.83 Å². The topological polar surface area (TPSA) is 47.6 Å². The van der Waals surface area contributed by atoms with Crippen molar-refractivity contribution in [3.8, 4) is 0 Å². The van der Waals surface area contributed by atoms with Gasteiger partial charge in [0.2, 0.25) is 0 Å². The number of allylic oxidation sites excluding steroid dienone is 1. The summed E-state index contributed by atoms with van der Waals surface area (Å²) in [5.41, 5.74) is 4.72. The van der Waals surface area contributed by atoms with Crippen LogP contribution in [0.4, 0.5) is 9.18 Å². The summed E-state index contributed by atoms with van der Waals surface area (Å²) in [6.07, 6.45) is 6.74. The Kier molecular flexibility index (Phi) is 4.82. The predicted molar refractivity (Wildman–Crippen MR) is 99.1 cm³/mol. The number of urea groups is 1. The van der Waals surface area contributed by atoms with Gasteiger partial charge in [-0.25, -0.2) is 9.18 Å². The van der Waals surface area contributed by atoms with Crippen molar-refractivity contribution >= 4 is 6.03 Å². The van der Waals surface area contributed by atoms with Crippen molar-refractivity contribution < 1.29 is 9.18 Å². The highest BCUT2D eigenvalue weighted by molar-refractivity contribution is 5.74. The first-order chi connectivity index (χ1) is 12.7. The van der Waals surface area contributed by atoms with Crippen LogP contribution < -0.4 is 10.6 Å². The molecule has 0 aromatic heterocycles. The third kappa shape index (κ3) is 3.41. The summed E-state index contributed by atoms with van der Waals surface area (Å²) in [6.45, 7) is 3.75. The average molecular weight is 356 g/mol. The van der Waals surface area contributed by atoms with Crippen LogP contribution in [0.15, 0.2) is 42.0 Å². The molecule has 6 heteroatoms. The highest BCUT2D eigenvalue weighted by atomic mass is 19.1. The molecule has 0 spiro atoms. The second kappa shape index (κ2) is 7.40. The van der Waals surface area contributed by atoms with Crippen molar-refractivity contribution in [1.29, 1.82) is 0 Å². The molecule has 0 radical (unpaired) electrons. The maximum atomic E-state index is 13.9. The third-order valence-electron chi connectivity index (χ3n) is 5.47. The summed E-state index contributed by atoms with van der Waals surface area (Å²) in [6, 6.07) is 6.35. The summed E-state index contributed by atoms with van der Waals surface area (Å²) in [4.78, 5) is 16.3. The van der Waals surface area contributed by atoms with Crippen molar-refractivity contribution in [2.45, 2.75) is 25.8 Å². The molecule has 1 saturated heterocycles. The second-order valence-electron chi connectivity index (χ2n) is 7.03. The molecule has 4 rings (SSSR count). The minimum Gasteiger partial charge on any atom is -0.385 e. The maximum Gasteiger partial charge on any atom is 0.317 e. The fourth-order valence-electron chi connectivity index (χ4n) is 4.05. The zero-order chi connectivity index (χ0) is 17.9. The molecule has 0 bridgehead atoms. The number of aryl methyl sites for hydroxylation is 1. The lowest BCUT2D eigenvalue weighted by Crippen LogP contribution is -2.51. The number of halogens is 1. The van der Waals surface area contributed by atoms with Gasteiger partial charge in [0.1, 0.15) is 0 Å². The largest absolute Gasteiger partial charge is 0.385 e. The Balaban J connectivity index is 1.30. The van der Waals surface area contributed by atoms with Crippen LogP contribution in [0.25, 0.3) is 0 Å². The van der Waals surface area contributed by atoms with Crippen LogP contribution in [0.5, 0.6) is 0 Å². The number of hydrogen-bond donors (Lipinski definition) is 2. The fraction of sp³-hybridized carbons (Fsp3) is 0.450. The van der Waals surface area contributed by atoms with Crippen molar-refractivity contribution in [2.75, 3.05) is 32.7 Å². The van der Waals surface area contributed by atoms with Crippen LogP contribution in [0.2, 0.25) is 0 Å². The predicted octanol–water partition coefficient (Wildman–Crippen LogP) is 2.30. The van der Waals surface area contributed by atoms with Gasteiger partial charge < -0.3 is 20.4 Å². The van der Waals surface area contributed by atoms with E-state index in [1.165, 1.54) is 29.3 Å². The molecule has 5 nitrogen and oxygen atoms in total. The first kappa shape index (κ1) is 16.9. The van der Waals surface area contributed by atoms with E-state index in [1.807, 2.05) is 15.9 Å². The molecular weight excluding hydrogens is 331 g/mol. The van der Waals surface area contributed by atoms with Gasteiger partial charge in [0.05, 0.1) is 5.70 Å². The minimum atomic E-state index is -0.230. The molecule has 2 heterocycles. The Morgan fingerprint density at radius 3 is 2.85 bits per heavy atom. The number of hydrogen-bond acceptors (Lipinski definition) is 3. The number of carbonyl (C=O) groups excluding carboxylic acids is 1. The van der Waals surface area contributed by atoms with E-state index in [-0.39, 0.29) is 11.9 Å². The Morgan fingerprint density at radius 2 is 2.04 bits per heavy atom. The number of carbonyl (C=O) groups is 1. The summed E-state index contributed by atoms with van der Waals surface area (Å²) < 4.78 is 13.9. The average Bonchev–Trinajstić information content (AvgIpc) is 3.16. The molecule has 0 saturated carbocycles. The summed E-state index contributed by atoms with van der Waals surface area (Å²) in [5, 5.41) is 5.93. The number of benzene rings is 1. The van der Waals surface area contributed by atoms with Gasteiger partial charge in [-0.15, -0.1) is 0 Å². The van der Waals surface area contributed by atoms with Gasteiger partial charge in [0.25, 0.3) is 0 Å². The van der Waals surface area contributed by atoms with Crippen molar-refractivity contribution in [1.82, 2.24) is 20.4 Å². The zero-order valence-electron chi connectivity index (χ0n) is 14.9. The fourth-order valence-corrected chi connectivity index (χ4v) is 4.05. The SMILES string of the molecule is O=C(NCc1cccc2c1CCC2)N1CCN(C2=CCNC=C2F)CC1. The van der Waals surface area contributed by atoms with E-state index in [1.54, 1.807) is 0 Å².